The van der Waals surface area contributed by atoms with Crippen molar-refractivity contribution in [3.63, 3.8) is 0 Å². The van der Waals surface area contributed by atoms with Gasteiger partial charge in [-0.1, -0.05) is 33.8 Å². The monoisotopic (exact) mass is 553 g/mol. The van der Waals surface area contributed by atoms with Crippen LogP contribution in [0.2, 0.25) is 0 Å². The molecule has 2 amide bonds. The van der Waals surface area contributed by atoms with Crippen molar-refractivity contribution in [3.8, 4) is 5.75 Å². The number of benzene rings is 1. The lowest BCUT2D eigenvalue weighted by Crippen LogP contribution is -2.59. The fourth-order valence-electron chi connectivity index (χ4n) is 4.86. The fourth-order valence-corrected chi connectivity index (χ4v) is 4.86. The maximum atomic E-state index is 13.9. The van der Waals surface area contributed by atoms with E-state index >= 15 is 0 Å². The molecule has 218 valence electrons. The largest absolute Gasteiger partial charge is 0.489 e. The van der Waals surface area contributed by atoms with Gasteiger partial charge < -0.3 is 25.7 Å². The molecular weight excluding hydrogens is 511 g/mol. The maximum absolute atomic E-state index is 13.9. The minimum absolute atomic E-state index is 0.0855. The number of alkyl halides is 3. The maximum Gasteiger partial charge on any atom is 0.416 e. The molecule has 0 radical (unpaired) electrons. The second-order valence-electron chi connectivity index (χ2n) is 11.4. The van der Waals surface area contributed by atoms with Crippen LogP contribution in [0.3, 0.4) is 0 Å². The summed E-state index contributed by atoms with van der Waals surface area (Å²) in [5.41, 5.74) is 8.82. The first-order valence-electron chi connectivity index (χ1n) is 13.6. The Bertz CT molecular complexity index is 1040. The fraction of sp³-hybridized carbons (Fsp3) is 0.643. The zero-order valence-corrected chi connectivity index (χ0v) is 23.5. The SMILES string of the molecule is CCC(CNC(=O)[C@@H]1CCCN1C(=O)[C@@H](N(/C=C(\N)C1CC1)NC)C(C)(C)C)Oc1cccc(C(F)(F)F)c1. The number of allylic oxidation sites excluding steroid dienone is 1. The lowest BCUT2D eigenvalue weighted by atomic mass is 9.85. The van der Waals surface area contributed by atoms with Crippen LogP contribution in [0.1, 0.15) is 65.4 Å². The Morgan fingerprint density at radius 2 is 1.92 bits per heavy atom. The highest BCUT2D eigenvalue weighted by Crippen LogP contribution is 2.35. The van der Waals surface area contributed by atoms with Gasteiger partial charge in [-0.15, -0.1) is 0 Å². The number of nitrogens with one attached hydrogen (secondary N) is 2. The summed E-state index contributed by atoms with van der Waals surface area (Å²) < 4.78 is 44.9. The van der Waals surface area contributed by atoms with Gasteiger partial charge >= 0.3 is 6.18 Å². The summed E-state index contributed by atoms with van der Waals surface area (Å²) in [5, 5.41) is 4.61. The predicted octanol–water partition coefficient (Wildman–Crippen LogP) is 4.03. The van der Waals surface area contributed by atoms with E-state index in [1.54, 1.807) is 23.2 Å². The average Bonchev–Trinajstić information content (AvgIpc) is 3.60. The molecule has 11 heteroatoms. The van der Waals surface area contributed by atoms with Crippen molar-refractivity contribution in [2.75, 3.05) is 20.1 Å². The van der Waals surface area contributed by atoms with E-state index in [9.17, 15) is 22.8 Å². The van der Waals surface area contributed by atoms with E-state index < -0.39 is 35.3 Å². The first kappa shape index (κ1) is 30.6. The number of carbonyl (C=O) groups is 2. The Morgan fingerprint density at radius 3 is 2.49 bits per heavy atom. The van der Waals surface area contributed by atoms with Crippen LogP contribution < -0.4 is 21.2 Å². The minimum atomic E-state index is -4.47. The van der Waals surface area contributed by atoms with E-state index in [0.29, 0.717) is 31.7 Å². The molecule has 1 aromatic rings. The lowest BCUT2D eigenvalue weighted by Gasteiger charge is -2.41. The third kappa shape index (κ3) is 8.03. The number of rotatable bonds is 11. The lowest BCUT2D eigenvalue weighted by molar-refractivity contribution is -0.146. The van der Waals surface area contributed by atoms with Gasteiger partial charge in [-0.25, -0.2) is 5.43 Å². The number of hydrogen-bond donors (Lipinski definition) is 3. The Labute approximate surface area is 229 Å². The van der Waals surface area contributed by atoms with Crippen molar-refractivity contribution in [2.45, 2.75) is 84.2 Å². The molecule has 0 bridgehead atoms. The average molecular weight is 554 g/mol. The molecule has 2 fully saturated rings. The third-order valence-corrected chi connectivity index (χ3v) is 7.19. The van der Waals surface area contributed by atoms with E-state index in [1.807, 2.05) is 27.7 Å². The van der Waals surface area contributed by atoms with Gasteiger partial charge in [0.1, 0.15) is 23.9 Å². The summed E-state index contributed by atoms with van der Waals surface area (Å²) in [6.45, 7) is 8.32. The molecule has 1 saturated carbocycles. The van der Waals surface area contributed by atoms with Crippen LogP contribution in [-0.2, 0) is 15.8 Å². The van der Waals surface area contributed by atoms with Crippen LogP contribution in [0.15, 0.2) is 36.2 Å². The number of amides is 2. The second-order valence-corrected chi connectivity index (χ2v) is 11.4. The van der Waals surface area contributed by atoms with Gasteiger partial charge in [-0.05, 0) is 55.7 Å². The number of nitrogens with zero attached hydrogens (tertiary/aromatic N) is 2. The molecule has 39 heavy (non-hydrogen) atoms. The Balaban J connectivity index is 1.68. The van der Waals surface area contributed by atoms with Gasteiger partial charge in [0.25, 0.3) is 0 Å². The summed E-state index contributed by atoms with van der Waals surface area (Å²) in [6.07, 6.45) is 0.575. The van der Waals surface area contributed by atoms with Gasteiger partial charge in [0.2, 0.25) is 11.8 Å². The van der Waals surface area contributed by atoms with Gasteiger partial charge in [0, 0.05) is 31.4 Å². The van der Waals surface area contributed by atoms with Crippen LogP contribution in [0, 0.1) is 11.3 Å². The summed E-state index contributed by atoms with van der Waals surface area (Å²) in [7, 11) is 1.74. The molecule has 4 N–H and O–H groups in total. The summed E-state index contributed by atoms with van der Waals surface area (Å²) in [6, 6.07) is 3.45. The van der Waals surface area contributed by atoms with Crippen LogP contribution in [-0.4, -0.2) is 60.0 Å². The van der Waals surface area contributed by atoms with Crippen LogP contribution in [0.5, 0.6) is 5.75 Å². The van der Waals surface area contributed by atoms with Crippen LogP contribution in [0.25, 0.3) is 0 Å². The van der Waals surface area contributed by atoms with Crippen LogP contribution in [0.4, 0.5) is 13.2 Å². The summed E-state index contributed by atoms with van der Waals surface area (Å²) in [4.78, 5) is 28.8. The highest BCUT2D eigenvalue weighted by atomic mass is 19.4. The van der Waals surface area contributed by atoms with Crippen molar-refractivity contribution >= 4 is 11.8 Å². The number of nitrogens with two attached hydrogens (primary N) is 1. The standard InChI is InChI=1S/C28H42F3N5O3/c1-6-20(39-21-10-7-9-19(15-21)28(29,30)31)16-34-25(37)23-11-8-14-35(23)26(38)24(27(2,3)4)36(33-5)17-22(32)18-12-13-18/h7,9-10,15,17-18,20,23-24,33H,6,8,11-14,16,32H2,1-5H3,(H,34,37)/b22-17-/t20?,23-,24+/m0/s1. The van der Waals surface area contributed by atoms with E-state index in [1.165, 1.54) is 12.1 Å². The van der Waals surface area contributed by atoms with Crippen molar-refractivity contribution < 1.29 is 27.5 Å². The first-order valence-corrected chi connectivity index (χ1v) is 13.6. The van der Waals surface area contributed by atoms with E-state index in [0.717, 1.165) is 30.7 Å². The molecule has 1 saturated heterocycles. The smallest absolute Gasteiger partial charge is 0.416 e. The first-order chi connectivity index (χ1) is 18.3. The van der Waals surface area contributed by atoms with Crippen molar-refractivity contribution in [3.05, 3.63) is 41.7 Å². The second kappa shape index (κ2) is 12.5. The topological polar surface area (TPSA) is 99.9 Å². The molecule has 0 aromatic heterocycles. The van der Waals surface area contributed by atoms with E-state index in [-0.39, 0.29) is 24.1 Å². The Morgan fingerprint density at radius 1 is 1.23 bits per heavy atom. The molecule has 8 nitrogen and oxygen atoms in total. The molecule has 2 aliphatic rings. The van der Waals surface area contributed by atoms with Gasteiger partial charge in [-0.3, -0.25) is 9.59 Å². The third-order valence-electron chi connectivity index (χ3n) is 7.19. The molecule has 1 heterocycles. The number of likely N-dealkylation sites (tertiary alicyclic amines) is 1. The quantitative estimate of drug-likeness (QED) is 0.358. The highest BCUT2D eigenvalue weighted by Gasteiger charge is 2.43. The summed E-state index contributed by atoms with van der Waals surface area (Å²) >= 11 is 0. The molecule has 1 aliphatic carbocycles. The molecule has 1 aliphatic heterocycles. The number of hydrogen-bond acceptors (Lipinski definition) is 6. The van der Waals surface area contributed by atoms with Crippen molar-refractivity contribution in [2.24, 2.45) is 17.1 Å². The van der Waals surface area contributed by atoms with E-state index in [2.05, 4.69) is 10.7 Å². The zero-order chi connectivity index (χ0) is 29.0. The molecule has 0 spiro atoms. The van der Waals surface area contributed by atoms with Gasteiger partial charge in [0.15, 0.2) is 0 Å². The molecule has 1 aromatic carbocycles. The summed E-state index contributed by atoms with van der Waals surface area (Å²) in [5.74, 6) is -0.0425. The minimum Gasteiger partial charge on any atom is -0.489 e. The number of hydrazine groups is 1. The van der Waals surface area contributed by atoms with Crippen molar-refractivity contribution in [1.82, 2.24) is 20.7 Å². The number of ether oxygens (including phenoxy) is 1. The number of carbonyl (C=O) groups excluding carboxylic acids is 2. The highest BCUT2D eigenvalue weighted by molar-refractivity contribution is 5.90. The molecular formula is C28H42F3N5O3. The zero-order valence-electron chi connectivity index (χ0n) is 23.5. The Kier molecular flexibility index (Phi) is 9.79. The van der Waals surface area contributed by atoms with Crippen LogP contribution >= 0.6 is 0 Å². The molecule has 3 rings (SSSR count). The van der Waals surface area contributed by atoms with Gasteiger partial charge in [-0.2, -0.15) is 13.2 Å². The normalized spacial score (nSPS) is 19.9. The molecule has 1 unspecified atom stereocenters. The molecule has 3 atom stereocenters. The number of halogens is 3. The van der Waals surface area contributed by atoms with E-state index in [4.69, 9.17) is 10.5 Å². The van der Waals surface area contributed by atoms with Gasteiger partial charge in [0.05, 0.1) is 12.1 Å². The Hall–Kier alpha value is -2.95. The van der Waals surface area contributed by atoms with Crippen molar-refractivity contribution in [1.29, 1.82) is 0 Å². The predicted molar refractivity (Wildman–Crippen MR) is 143 cm³/mol.